The van der Waals surface area contributed by atoms with Crippen molar-refractivity contribution in [2.24, 2.45) is 0 Å². The molecule has 2 rings (SSSR count). The lowest BCUT2D eigenvalue weighted by atomic mass is 9.74. The highest BCUT2D eigenvalue weighted by atomic mass is 19.4. The van der Waals surface area contributed by atoms with Crippen LogP contribution in [0.2, 0.25) is 0 Å². The number of alkyl halides is 5. The van der Waals surface area contributed by atoms with Gasteiger partial charge in [0.15, 0.2) is 5.41 Å². The van der Waals surface area contributed by atoms with E-state index in [2.05, 4.69) is 0 Å². The Kier molecular flexibility index (Phi) is 4.00. The molecule has 0 radical (unpaired) electrons. The van der Waals surface area contributed by atoms with E-state index in [0.717, 1.165) is 48.5 Å². The number of hydrogen-bond donors (Lipinski definition) is 2. The second-order valence-electron chi connectivity index (χ2n) is 4.85. The van der Waals surface area contributed by atoms with Crippen molar-refractivity contribution >= 4 is 11.4 Å². The molecule has 0 amide bonds. The number of benzene rings is 2. The molecule has 2 aromatic rings. The second kappa shape index (κ2) is 5.47. The molecule has 2 nitrogen and oxygen atoms in total. The first-order valence-corrected chi connectivity index (χ1v) is 6.26. The van der Waals surface area contributed by atoms with E-state index in [1.807, 2.05) is 0 Å². The largest absolute Gasteiger partial charge is 0.407 e. The fourth-order valence-corrected chi connectivity index (χ4v) is 2.36. The first kappa shape index (κ1) is 16.1. The molecule has 4 N–H and O–H groups in total. The summed E-state index contributed by atoms with van der Waals surface area (Å²) in [5.41, 5.74) is 6.64. The number of anilines is 2. The molecular weight excluding hydrogens is 303 g/mol. The highest BCUT2D eigenvalue weighted by Gasteiger charge is 2.63. The lowest BCUT2D eigenvalue weighted by Gasteiger charge is -2.36. The zero-order chi connectivity index (χ0) is 16.5. The molecule has 0 unspecified atom stereocenters. The third-order valence-corrected chi connectivity index (χ3v) is 3.51. The predicted molar refractivity (Wildman–Crippen MR) is 74.5 cm³/mol. The molecule has 0 heterocycles. The number of nitrogens with two attached hydrogens (primary N) is 2. The summed E-state index contributed by atoms with van der Waals surface area (Å²) >= 11 is 0. The first-order valence-electron chi connectivity index (χ1n) is 6.26. The Balaban J connectivity index is 2.77. The highest BCUT2D eigenvalue weighted by molar-refractivity contribution is 5.50. The molecule has 2 aromatic carbocycles. The van der Waals surface area contributed by atoms with Crippen molar-refractivity contribution in [2.45, 2.75) is 18.0 Å². The van der Waals surface area contributed by atoms with Crippen LogP contribution in [0.3, 0.4) is 0 Å². The van der Waals surface area contributed by atoms with Crippen LogP contribution in [0.15, 0.2) is 48.5 Å². The normalized spacial score (nSPS) is 12.6. The Morgan fingerprint density at radius 2 is 1.00 bits per heavy atom. The van der Waals surface area contributed by atoms with Gasteiger partial charge in [0, 0.05) is 11.4 Å². The molecule has 0 aromatic heterocycles. The van der Waals surface area contributed by atoms with Crippen LogP contribution in [0.4, 0.5) is 33.3 Å². The van der Waals surface area contributed by atoms with Gasteiger partial charge in [0.2, 0.25) is 0 Å². The van der Waals surface area contributed by atoms with Crippen molar-refractivity contribution in [3.05, 3.63) is 59.7 Å². The van der Waals surface area contributed by atoms with Gasteiger partial charge in [-0.3, -0.25) is 0 Å². The standard InChI is InChI=1S/C15H13F5N2/c16-13(17)14(15(18,19)20,9-1-5-11(21)6-2-9)10-3-7-12(22)8-4-10/h1-8,13H,21-22H2. The molecule has 0 atom stereocenters. The van der Waals surface area contributed by atoms with Crippen LogP contribution in [0.1, 0.15) is 11.1 Å². The molecule has 0 fully saturated rings. The molecule has 0 bridgehead atoms. The van der Waals surface area contributed by atoms with Crippen LogP contribution >= 0.6 is 0 Å². The minimum atomic E-state index is -5.20. The lowest BCUT2D eigenvalue weighted by molar-refractivity contribution is -0.211. The van der Waals surface area contributed by atoms with E-state index in [4.69, 9.17) is 11.5 Å². The third-order valence-electron chi connectivity index (χ3n) is 3.51. The van der Waals surface area contributed by atoms with E-state index >= 15 is 0 Å². The monoisotopic (exact) mass is 316 g/mol. The van der Waals surface area contributed by atoms with Crippen LogP contribution in [-0.2, 0) is 5.41 Å². The Morgan fingerprint density at radius 3 is 1.23 bits per heavy atom. The molecule has 118 valence electrons. The summed E-state index contributed by atoms with van der Waals surface area (Å²) in [4.78, 5) is 0. The molecule has 0 aliphatic carbocycles. The first-order chi connectivity index (χ1) is 10.2. The van der Waals surface area contributed by atoms with E-state index < -0.39 is 29.1 Å². The van der Waals surface area contributed by atoms with E-state index in [9.17, 15) is 22.0 Å². The van der Waals surface area contributed by atoms with Crippen LogP contribution < -0.4 is 11.5 Å². The zero-order valence-electron chi connectivity index (χ0n) is 11.2. The molecule has 0 saturated heterocycles. The van der Waals surface area contributed by atoms with Crippen LogP contribution in [0.25, 0.3) is 0 Å². The summed E-state index contributed by atoms with van der Waals surface area (Å²) in [6.07, 6.45) is -8.90. The lowest BCUT2D eigenvalue weighted by Crippen LogP contribution is -2.49. The average Bonchev–Trinajstić information content (AvgIpc) is 2.41. The maximum atomic E-state index is 13.7. The minimum Gasteiger partial charge on any atom is -0.399 e. The van der Waals surface area contributed by atoms with Gasteiger partial charge in [0.25, 0.3) is 6.43 Å². The molecular formula is C15H13F5N2. The topological polar surface area (TPSA) is 52.0 Å². The molecule has 7 heteroatoms. The van der Waals surface area contributed by atoms with E-state index in [-0.39, 0.29) is 11.4 Å². The highest BCUT2D eigenvalue weighted by Crippen LogP contribution is 2.50. The number of hydrogen-bond acceptors (Lipinski definition) is 2. The van der Waals surface area contributed by atoms with Gasteiger partial charge in [-0.25, -0.2) is 8.78 Å². The Labute approximate surface area is 123 Å². The van der Waals surface area contributed by atoms with Crippen molar-refractivity contribution in [3.63, 3.8) is 0 Å². The van der Waals surface area contributed by atoms with Crippen molar-refractivity contribution in [1.82, 2.24) is 0 Å². The van der Waals surface area contributed by atoms with Gasteiger partial charge in [-0.15, -0.1) is 0 Å². The van der Waals surface area contributed by atoms with Gasteiger partial charge in [0.1, 0.15) is 0 Å². The fourth-order valence-electron chi connectivity index (χ4n) is 2.36. The summed E-state index contributed by atoms with van der Waals surface area (Å²) in [7, 11) is 0. The van der Waals surface area contributed by atoms with Gasteiger partial charge in [-0.2, -0.15) is 13.2 Å². The number of nitrogen functional groups attached to an aromatic ring is 2. The van der Waals surface area contributed by atoms with Crippen molar-refractivity contribution in [3.8, 4) is 0 Å². The fraction of sp³-hybridized carbons (Fsp3) is 0.200. The Bertz CT molecular complexity index is 587. The van der Waals surface area contributed by atoms with E-state index in [0.29, 0.717) is 0 Å². The Hall–Kier alpha value is -2.31. The third kappa shape index (κ3) is 2.47. The summed E-state index contributed by atoms with van der Waals surface area (Å²) < 4.78 is 68.2. The SMILES string of the molecule is Nc1ccc(C(c2ccc(N)cc2)(C(F)F)C(F)(F)F)cc1. The summed E-state index contributed by atoms with van der Waals surface area (Å²) in [6, 6.07) is 8.50. The minimum absolute atomic E-state index is 0.186. The van der Waals surface area contributed by atoms with Gasteiger partial charge in [-0.1, -0.05) is 24.3 Å². The summed E-state index contributed by atoms with van der Waals surface area (Å²) in [5.74, 6) is 0. The predicted octanol–water partition coefficient (Wildman–Crippen LogP) is 3.96. The Morgan fingerprint density at radius 1 is 0.682 bits per heavy atom. The van der Waals surface area contributed by atoms with Gasteiger partial charge >= 0.3 is 6.18 Å². The number of rotatable bonds is 3. The smallest absolute Gasteiger partial charge is 0.399 e. The molecule has 22 heavy (non-hydrogen) atoms. The van der Waals surface area contributed by atoms with Gasteiger partial charge in [0.05, 0.1) is 0 Å². The summed E-state index contributed by atoms with van der Waals surface area (Å²) in [6.45, 7) is 0. The van der Waals surface area contributed by atoms with Gasteiger partial charge < -0.3 is 11.5 Å². The van der Waals surface area contributed by atoms with Crippen molar-refractivity contribution < 1.29 is 22.0 Å². The van der Waals surface area contributed by atoms with Crippen LogP contribution in [-0.4, -0.2) is 12.6 Å². The maximum Gasteiger partial charge on any atom is 0.407 e. The van der Waals surface area contributed by atoms with Crippen molar-refractivity contribution in [1.29, 1.82) is 0 Å². The second-order valence-corrected chi connectivity index (χ2v) is 4.85. The number of halogens is 5. The molecule has 0 spiro atoms. The molecule has 0 aliphatic heterocycles. The quantitative estimate of drug-likeness (QED) is 0.665. The van der Waals surface area contributed by atoms with E-state index in [1.165, 1.54) is 0 Å². The van der Waals surface area contributed by atoms with Crippen LogP contribution in [0.5, 0.6) is 0 Å². The molecule has 0 aliphatic rings. The van der Waals surface area contributed by atoms with Crippen LogP contribution in [0, 0.1) is 0 Å². The summed E-state index contributed by atoms with van der Waals surface area (Å²) in [5, 5.41) is 0. The van der Waals surface area contributed by atoms with Gasteiger partial charge in [-0.05, 0) is 35.4 Å². The average molecular weight is 316 g/mol. The zero-order valence-corrected chi connectivity index (χ0v) is 11.2. The maximum absolute atomic E-state index is 13.7. The van der Waals surface area contributed by atoms with Crippen molar-refractivity contribution in [2.75, 3.05) is 11.5 Å². The van der Waals surface area contributed by atoms with E-state index in [1.54, 1.807) is 0 Å². The molecule has 0 saturated carbocycles.